The molecule has 3 rings (SSSR count). The first-order valence-electron chi connectivity index (χ1n) is 9.27. The minimum Gasteiger partial charge on any atom is -0.497 e. The number of nitrogens with one attached hydrogen (secondary N) is 1. The van der Waals surface area contributed by atoms with E-state index < -0.39 is 16.0 Å². The molecule has 0 spiro atoms. The van der Waals surface area contributed by atoms with Gasteiger partial charge in [-0.3, -0.25) is 4.72 Å². The summed E-state index contributed by atoms with van der Waals surface area (Å²) < 4.78 is 39.5. The standard InChI is InChI=1S/C21H23N3O5S/c1-5-29-21(25)20-14(2)22-24(15(20)3)17-8-6-16(7-9-17)23-30(26,27)19-12-10-18(28-4)11-13-19/h6-13,23H,5H2,1-4H3. The Labute approximate surface area is 175 Å². The number of methoxy groups -OCH3 is 1. The molecule has 0 saturated heterocycles. The Morgan fingerprint density at radius 1 is 1.07 bits per heavy atom. The lowest BCUT2D eigenvalue weighted by Gasteiger charge is -2.10. The number of esters is 1. The van der Waals surface area contributed by atoms with Gasteiger partial charge < -0.3 is 9.47 Å². The Morgan fingerprint density at radius 2 is 1.70 bits per heavy atom. The highest BCUT2D eigenvalue weighted by Gasteiger charge is 2.20. The summed E-state index contributed by atoms with van der Waals surface area (Å²) in [6, 6.07) is 12.8. The molecule has 1 N–H and O–H groups in total. The molecule has 3 aromatic rings. The van der Waals surface area contributed by atoms with Gasteiger partial charge in [0.2, 0.25) is 0 Å². The van der Waals surface area contributed by atoms with Gasteiger partial charge in [0.05, 0.1) is 35.7 Å². The third-order valence-corrected chi connectivity index (χ3v) is 5.90. The molecule has 1 aromatic heterocycles. The molecule has 0 aliphatic carbocycles. The monoisotopic (exact) mass is 429 g/mol. The summed E-state index contributed by atoms with van der Waals surface area (Å²) in [5.41, 5.74) is 2.74. The number of carbonyl (C=O) groups is 1. The zero-order valence-electron chi connectivity index (χ0n) is 17.2. The molecule has 0 aliphatic rings. The molecule has 0 unspecified atom stereocenters. The number of aryl methyl sites for hydroxylation is 1. The van der Waals surface area contributed by atoms with Crippen LogP contribution in [0, 0.1) is 13.8 Å². The molecule has 2 aromatic carbocycles. The lowest BCUT2D eigenvalue weighted by Crippen LogP contribution is -2.13. The van der Waals surface area contributed by atoms with Crippen molar-refractivity contribution in [2.24, 2.45) is 0 Å². The van der Waals surface area contributed by atoms with Gasteiger partial charge in [-0.1, -0.05) is 0 Å². The van der Waals surface area contributed by atoms with Crippen LogP contribution in [0.5, 0.6) is 5.75 Å². The van der Waals surface area contributed by atoms with Gasteiger partial charge in [-0.25, -0.2) is 17.9 Å². The van der Waals surface area contributed by atoms with E-state index in [4.69, 9.17) is 9.47 Å². The predicted molar refractivity (Wildman–Crippen MR) is 113 cm³/mol. The number of hydrogen-bond donors (Lipinski definition) is 1. The molecule has 8 nitrogen and oxygen atoms in total. The summed E-state index contributed by atoms with van der Waals surface area (Å²) in [4.78, 5) is 12.3. The van der Waals surface area contributed by atoms with Crippen molar-refractivity contribution in [2.75, 3.05) is 18.4 Å². The van der Waals surface area contributed by atoms with Crippen molar-refractivity contribution in [3.05, 3.63) is 65.5 Å². The SMILES string of the molecule is CCOC(=O)c1c(C)nn(-c2ccc(NS(=O)(=O)c3ccc(OC)cc3)cc2)c1C. The fourth-order valence-electron chi connectivity index (χ4n) is 3.03. The highest BCUT2D eigenvalue weighted by molar-refractivity contribution is 7.92. The van der Waals surface area contributed by atoms with E-state index in [1.54, 1.807) is 61.9 Å². The molecular formula is C21H23N3O5S. The quantitative estimate of drug-likeness (QED) is 0.577. The smallest absolute Gasteiger partial charge is 0.341 e. The van der Waals surface area contributed by atoms with Crippen molar-refractivity contribution in [3.63, 3.8) is 0 Å². The van der Waals surface area contributed by atoms with Crippen LogP contribution in [0.25, 0.3) is 5.69 Å². The zero-order valence-corrected chi connectivity index (χ0v) is 18.0. The second kappa shape index (κ2) is 8.58. The van der Waals surface area contributed by atoms with Crippen LogP contribution in [0.3, 0.4) is 0 Å². The third-order valence-electron chi connectivity index (χ3n) is 4.50. The molecule has 1 heterocycles. The number of carbonyl (C=O) groups excluding carboxylic acids is 1. The van der Waals surface area contributed by atoms with Gasteiger partial charge in [-0.15, -0.1) is 0 Å². The maximum atomic E-state index is 12.6. The van der Waals surface area contributed by atoms with Crippen LogP contribution >= 0.6 is 0 Å². The molecule has 0 atom stereocenters. The maximum absolute atomic E-state index is 12.6. The molecule has 0 aliphatic heterocycles. The molecule has 158 valence electrons. The zero-order chi connectivity index (χ0) is 21.9. The summed E-state index contributed by atoms with van der Waals surface area (Å²) in [6.45, 7) is 5.56. The highest BCUT2D eigenvalue weighted by atomic mass is 32.2. The van der Waals surface area contributed by atoms with Gasteiger partial charge >= 0.3 is 5.97 Å². The van der Waals surface area contributed by atoms with Gasteiger partial charge in [-0.05, 0) is 69.3 Å². The Bertz CT molecular complexity index is 1150. The van der Waals surface area contributed by atoms with Gasteiger partial charge in [0.1, 0.15) is 11.3 Å². The minimum absolute atomic E-state index is 0.130. The second-order valence-electron chi connectivity index (χ2n) is 6.51. The average molecular weight is 429 g/mol. The van der Waals surface area contributed by atoms with Crippen LogP contribution < -0.4 is 9.46 Å². The summed E-state index contributed by atoms with van der Waals surface area (Å²) in [6.07, 6.45) is 0. The number of benzene rings is 2. The molecule has 0 saturated carbocycles. The lowest BCUT2D eigenvalue weighted by molar-refractivity contribution is 0.0524. The largest absolute Gasteiger partial charge is 0.497 e. The number of rotatable bonds is 7. The Morgan fingerprint density at radius 3 is 2.27 bits per heavy atom. The third kappa shape index (κ3) is 4.30. The minimum atomic E-state index is -3.73. The molecule has 0 amide bonds. The summed E-state index contributed by atoms with van der Waals surface area (Å²) in [5, 5.41) is 4.42. The molecule has 9 heteroatoms. The van der Waals surface area contributed by atoms with E-state index in [0.29, 0.717) is 34.1 Å². The van der Waals surface area contributed by atoms with Gasteiger partial charge in [0, 0.05) is 5.69 Å². The number of anilines is 1. The lowest BCUT2D eigenvalue weighted by atomic mass is 10.2. The van der Waals surface area contributed by atoms with E-state index in [-0.39, 0.29) is 11.5 Å². The van der Waals surface area contributed by atoms with E-state index in [1.165, 1.54) is 19.2 Å². The summed E-state index contributed by atoms with van der Waals surface area (Å²) in [5.74, 6) is 0.160. The van der Waals surface area contributed by atoms with Crippen LogP contribution in [0.4, 0.5) is 5.69 Å². The first-order chi connectivity index (χ1) is 14.3. The van der Waals surface area contributed by atoms with E-state index in [9.17, 15) is 13.2 Å². The van der Waals surface area contributed by atoms with Crippen molar-refractivity contribution in [1.82, 2.24) is 9.78 Å². The fraction of sp³-hybridized carbons (Fsp3) is 0.238. The fourth-order valence-corrected chi connectivity index (χ4v) is 4.09. The first-order valence-corrected chi connectivity index (χ1v) is 10.8. The topological polar surface area (TPSA) is 99.5 Å². The van der Waals surface area contributed by atoms with Crippen molar-refractivity contribution >= 4 is 21.7 Å². The molecular weight excluding hydrogens is 406 g/mol. The molecule has 0 fully saturated rings. The van der Waals surface area contributed by atoms with Crippen LogP contribution in [0.1, 0.15) is 28.7 Å². The summed E-state index contributed by atoms with van der Waals surface area (Å²) >= 11 is 0. The summed E-state index contributed by atoms with van der Waals surface area (Å²) in [7, 11) is -2.22. The maximum Gasteiger partial charge on any atom is 0.341 e. The van der Waals surface area contributed by atoms with Crippen molar-refractivity contribution in [1.29, 1.82) is 0 Å². The average Bonchev–Trinajstić information content (AvgIpc) is 3.02. The Kier molecular flexibility index (Phi) is 6.12. The van der Waals surface area contributed by atoms with E-state index >= 15 is 0 Å². The van der Waals surface area contributed by atoms with Crippen molar-refractivity contribution in [2.45, 2.75) is 25.7 Å². The Balaban J connectivity index is 1.83. The number of ether oxygens (including phenoxy) is 2. The van der Waals surface area contributed by atoms with Crippen LogP contribution in [-0.4, -0.2) is 37.9 Å². The second-order valence-corrected chi connectivity index (χ2v) is 8.19. The van der Waals surface area contributed by atoms with E-state index in [2.05, 4.69) is 9.82 Å². The van der Waals surface area contributed by atoms with Crippen molar-refractivity contribution in [3.8, 4) is 11.4 Å². The van der Waals surface area contributed by atoms with Gasteiger partial charge in [0.15, 0.2) is 0 Å². The predicted octanol–water partition coefficient (Wildman–Crippen LogP) is 3.48. The first kappa shape index (κ1) is 21.4. The molecule has 0 bridgehead atoms. The number of nitrogens with zero attached hydrogens (tertiary/aromatic N) is 2. The van der Waals surface area contributed by atoms with Gasteiger partial charge in [-0.2, -0.15) is 5.10 Å². The van der Waals surface area contributed by atoms with Crippen LogP contribution in [0.15, 0.2) is 53.4 Å². The molecule has 0 radical (unpaired) electrons. The van der Waals surface area contributed by atoms with Crippen LogP contribution in [-0.2, 0) is 14.8 Å². The number of aromatic nitrogens is 2. The number of sulfonamides is 1. The van der Waals surface area contributed by atoms with E-state index in [0.717, 1.165) is 0 Å². The highest BCUT2D eigenvalue weighted by Crippen LogP contribution is 2.22. The Hall–Kier alpha value is -3.33. The molecule has 30 heavy (non-hydrogen) atoms. The normalized spacial score (nSPS) is 11.2. The van der Waals surface area contributed by atoms with Crippen molar-refractivity contribution < 1.29 is 22.7 Å². The van der Waals surface area contributed by atoms with E-state index in [1.807, 2.05) is 0 Å². The van der Waals surface area contributed by atoms with Gasteiger partial charge in [0.25, 0.3) is 10.0 Å². The number of hydrogen-bond acceptors (Lipinski definition) is 6. The van der Waals surface area contributed by atoms with Crippen LogP contribution in [0.2, 0.25) is 0 Å².